The van der Waals surface area contributed by atoms with Crippen molar-refractivity contribution in [1.82, 2.24) is 9.71 Å². The molecule has 0 spiro atoms. The molecule has 0 unspecified atom stereocenters. The number of aromatic nitrogens is 1. The molecular weight excluding hydrogens is 438 g/mol. The Morgan fingerprint density at radius 2 is 1.52 bits per heavy atom. The number of pyridine rings is 1. The predicted molar refractivity (Wildman–Crippen MR) is 127 cm³/mol. The van der Waals surface area contributed by atoms with E-state index in [2.05, 4.69) is 15.0 Å². The van der Waals surface area contributed by atoms with E-state index in [4.69, 9.17) is 0 Å². The van der Waals surface area contributed by atoms with Gasteiger partial charge in [-0.15, -0.1) is 0 Å². The third-order valence-electron chi connectivity index (χ3n) is 5.13. The summed E-state index contributed by atoms with van der Waals surface area (Å²) in [5, 5.41) is 3.80. The van der Waals surface area contributed by atoms with Gasteiger partial charge < -0.3 is 5.32 Å². The van der Waals surface area contributed by atoms with Gasteiger partial charge >= 0.3 is 0 Å². The van der Waals surface area contributed by atoms with E-state index in [1.165, 1.54) is 31.2 Å². The Morgan fingerprint density at radius 1 is 0.848 bits per heavy atom. The molecule has 0 atom stereocenters. The van der Waals surface area contributed by atoms with E-state index < -0.39 is 10.0 Å². The molecule has 7 nitrogen and oxygen atoms in total. The predicted octanol–water partition coefficient (Wildman–Crippen LogP) is 4.17. The average molecular weight is 460 g/mol. The first kappa shape index (κ1) is 22.3. The number of carbonyl (C=O) groups is 2. The molecule has 2 N–H and O–H groups in total. The summed E-state index contributed by atoms with van der Waals surface area (Å²) in [5.74, 6) is -0.418. The number of sulfonamides is 1. The molecule has 33 heavy (non-hydrogen) atoms. The van der Waals surface area contributed by atoms with Crippen molar-refractivity contribution in [3.05, 3.63) is 102 Å². The molecule has 166 valence electrons. The summed E-state index contributed by atoms with van der Waals surface area (Å²) < 4.78 is 27.5. The van der Waals surface area contributed by atoms with Gasteiger partial charge in [-0.05, 0) is 48.9 Å². The number of amides is 1. The number of nitrogens with one attached hydrogen (secondary N) is 2. The Bertz CT molecular complexity index is 1430. The van der Waals surface area contributed by atoms with Crippen LogP contribution in [0.1, 0.15) is 33.2 Å². The summed E-state index contributed by atoms with van der Waals surface area (Å²) in [6, 6.07) is 21.7. The zero-order chi connectivity index (χ0) is 23.4. The third kappa shape index (κ3) is 5.14. The lowest BCUT2D eigenvalue weighted by Crippen LogP contribution is -2.23. The Kier molecular flexibility index (Phi) is 6.30. The maximum Gasteiger partial charge on any atom is 0.255 e. The van der Waals surface area contributed by atoms with E-state index in [1.54, 1.807) is 36.5 Å². The van der Waals surface area contributed by atoms with Crippen LogP contribution in [-0.2, 0) is 16.6 Å². The summed E-state index contributed by atoms with van der Waals surface area (Å²) in [6.45, 7) is 1.48. The van der Waals surface area contributed by atoms with Crippen molar-refractivity contribution in [3.63, 3.8) is 0 Å². The van der Waals surface area contributed by atoms with Crippen LogP contribution >= 0.6 is 0 Å². The van der Waals surface area contributed by atoms with Crippen molar-refractivity contribution < 1.29 is 18.0 Å². The van der Waals surface area contributed by atoms with Crippen LogP contribution in [-0.4, -0.2) is 25.1 Å². The van der Waals surface area contributed by atoms with Crippen molar-refractivity contribution in [2.75, 3.05) is 5.32 Å². The minimum atomic E-state index is -3.74. The largest absolute Gasteiger partial charge is 0.320 e. The highest BCUT2D eigenvalue weighted by atomic mass is 32.2. The molecule has 4 rings (SSSR count). The van der Waals surface area contributed by atoms with Crippen molar-refractivity contribution in [1.29, 1.82) is 0 Å². The fourth-order valence-corrected chi connectivity index (χ4v) is 4.32. The summed E-state index contributed by atoms with van der Waals surface area (Å²) in [5.41, 5.74) is 2.90. The van der Waals surface area contributed by atoms with Gasteiger partial charge in [0.25, 0.3) is 5.91 Å². The minimum Gasteiger partial charge on any atom is -0.320 e. The van der Waals surface area contributed by atoms with Crippen molar-refractivity contribution in [3.8, 4) is 0 Å². The van der Waals surface area contributed by atoms with Crippen LogP contribution in [0.2, 0.25) is 0 Å². The number of carbonyl (C=O) groups excluding carboxylic acids is 2. The number of para-hydroxylation sites is 1. The highest BCUT2D eigenvalue weighted by Crippen LogP contribution is 2.21. The van der Waals surface area contributed by atoms with Gasteiger partial charge in [0.1, 0.15) is 0 Å². The van der Waals surface area contributed by atoms with Crippen LogP contribution in [0.5, 0.6) is 0 Å². The molecule has 4 aromatic rings. The molecule has 1 heterocycles. The zero-order valence-corrected chi connectivity index (χ0v) is 18.6. The molecule has 1 amide bonds. The van der Waals surface area contributed by atoms with Gasteiger partial charge in [-0.2, -0.15) is 0 Å². The van der Waals surface area contributed by atoms with E-state index in [0.29, 0.717) is 27.9 Å². The Labute approximate surface area is 191 Å². The number of ketones is 1. The van der Waals surface area contributed by atoms with E-state index >= 15 is 0 Å². The Morgan fingerprint density at radius 3 is 2.21 bits per heavy atom. The summed E-state index contributed by atoms with van der Waals surface area (Å²) >= 11 is 0. The standard InChI is InChI=1S/C25H21N3O4S/c1-17(29)19-11-13-22(14-12-19)33(31,32)27-16-18-7-9-21(10-8-18)25(30)28-23-6-2-4-20-5-3-15-26-24(20)23/h2-15,27H,16H2,1H3,(H,28,30). The molecule has 1 aromatic heterocycles. The van der Waals surface area contributed by atoms with Crippen molar-refractivity contribution in [2.45, 2.75) is 18.4 Å². The number of hydrogen-bond donors (Lipinski definition) is 2. The Hall–Kier alpha value is -3.88. The number of anilines is 1. The van der Waals surface area contributed by atoms with Gasteiger partial charge in [0.2, 0.25) is 10.0 Å². The van der Waals surface area contributed by atoms with Crippen molar-refractivity contribution >= 4 is 38.3 Å². The molecule has 8 heteroatoms. The average Bonchev–Trinajstić information content (AvgIpc) is 2.83. The number of fused-ring (bicyclic) bond motifs is 1. The molecule has 0 bridgehead atoms. The monoisotopic (exact) mass is 459 g/mol. The molecule has 0 aliphatic carbocycles. The third-order valence-corrected chi connectivity index (χ3v) is 6.55. The maximum atomic E-state index is 12.7. The van der Waals surface area contributed by atoms with Crippen molar-refractivity contribution in [2.24, 2.45) is 0 Å². The maximum absolute atomic E-state index is 12.7. The number of rotatable bonds is 7. The zero-order valence-electron chi connectivity index (χ0n) is 17.8. The molecular formula is C25H21N3O4S. The van der Waals surface area contributed by atoms with E-state index in [-0.39, 0.29) is 23.1 Å². The van der Waals surface area contributed by atoms with E-state index in [1.807, 2.05) is 24.3 Å². The molecule has 0 radical (unpaired) electrons. The fraction of sp³-hybridized carbons (Fsp3) is 0.0800. The van der Waals surface area contributed by atoms with E-state index in [0.717, 1.165) is 5.39 Å². The van der Waals surface area contributed by atoms with Crippen LogP contribution in [0.3, 0.4) is 0 Å². The highest BCUT2D eigenvalue weighted by Gasteiger charge is 2.15. The minimum absolute atomic E-state index is 0.0614. The number of benzene rings is 3. The molecule has 3 aromatic carbocycles. The van der Waals surface area contributed by atoms with Crippen LogP contribution < -0.4 is 10.0 Å². The SMILES string of the molecule is CC(=O)c1ccc(S(=O)(=O)NCc2ccc(C(=O)Nc3cccc4cccnc34)cc2)cc1. The lowest BCUT2D eigenvalue weighted by molar-refractivity contribution is 0.101. The smallest absolute Gasteiger partial charge is 0.255 e. The molecule has 0 aliphatic rings. The normalized spacial score (nSPS) is 11.3. The lowest BCUT2D eigenvalue weighted by atomic mass is 10.1. The molecule has 0 aliphatic heterocycles. The van der Waals surface area contributed by atoms with Crippen LogP contribution in [0.25, 0.3) is 10.9 Å². The first-order chi connectivity index (χ1) is 15.8. The summed E-state index contributed by atoms with van der Waals surface area (Å²) in [4.78, 5) is 28.4. The second-order valence-corrected chi connectivity index (χ2v) is 9.20. The summed E-state index contributed by atoms with van der Waals surface area (Å²) in [7, 11) is -3.74. The highest BCUT2D eigenvalue weighted by molar-refractivity contribution is 7.89. The van der Waals surface area contributed by atoms with E-state index in [9.17, 15) is 18.0 Å². The first-order valence-corrected chi connectivity index (χ1v) is 11.7. The number of Topliss-reactive ketones (excluding diaryl/α,β-unsaturated/α-hetero) is 1. The van der Waals surface area contributed by atoms with Crippen LogP contribution in [0.4, 0.5) is 5.69 Å². The lowest BCUT2D eigenvalue weighted by Gasteiger charge is -2.10. The van der Waals surface area contributed by atoms with Gasteiger partial charge in [-0.25, -0.2) is 13.1 Å². The van der Waals surface area contributed by atoms with Gasteiger partial charge in [0.15, 0.2) is 5.78 Å². The molecule has 0 saturated heterocycles. The van der Waals surface area contributed by atoms with Gasteiger partial charge in [0, 0.05) is 29.3 Å². The topological polar surface area (TPSA) is 105 Å². The quantitative estimate of drug-likeness (QED) is 0.404. The Balaban J connectivity index is 1.41. The summed E-state index contributed by atoms with van der Waals surface area (Å²) in [6.07, 6.45) is 1.67. The first-order valence-electron chi connectivity index (χ1n) is 10.2. The van der Waals surface area contributed by atoms with Crippen LogP contribution in [0.15, 0.2) is 90.0 Å². The number of nitrogens with zero attached hydrogens (tertiary/aromatic N) is 1. The van der Waals surface area contributed by atoms with Gasteiger partial charge in [0.05, 0.1) is 16.1 Å². The van der Waals surface area contributed by atoms with Crippen LogP contribution in [0, 0.1) is 0 Å². The molecule has 0 saturated carbocycles. The number of hydrogen-bond acceptors (Lipinski definition) is 5. The fourth-order valence-electron chi connectivity index (χ4n) is 3.30. The molecule has 0 fully saturated rings. The second-order valence-electron chi connectivity index (χ2n) is 7.44. The van der Waals surface area contributed by atoms with Gasteiger partial charge in [-0.3, -0.25) is 14.6 Å². The second kappa shape index (κ2) is 9.32. The van der Waals surface area contributed by atoms with Gasteiger partial charge in [-0.1, -0.05) is 42.5 Å².